The predicted molar refractivity (Wildman–Crippen MR) is 91.3 cm³/mol. The molecule has 0 radical (unpaired) electrons. The smallest absolute Gasteiger partial charge is 0.330 e. The summed E-state index contributed by atoms with van der Waals surface area (Å²) in [6.45, 7) is 3.41. The molecule has 0 aromatic heterocycles. The third-order valence-corrected chi connectivity index (χ3v) is 6.00. The number of hydrogen-bond donors (Lipinski definition) is 1. The molecule has 6 nitrogen and oxygen atoms in total. The van der Waals surface area contributed by atoms with E-state index in [0.717, 1.165) is 0 Å². The summed E-state index contributed by atoms with van der Waals surface area (Å²) in [7, 11) is 0. The monoisotopic (exact) mass is 366 g/mol. The number of carbonyl (C=O) groups is 3. The number of esters is 1. The van der Waals surface area contributed by atoms with E-state index in [-0.39, 0.29) is 10.8 Å². The van der Waals surface area contributed by atoms with Crippen molar-refractivity contribution in [1.29, 1.82) is 0 Å². The van der Waals surface area contributed by atoms with E-state index in [1.54, 1.807) is 16.7 Å². The maximum Gasteiger partial charge on any atom is 0.330 e. The summed E-state index contributed by atoms with van der Waals surface area (Å²) in [4.78, 5) is 37.8. The first-order chi connectivity index (χ1) is 11.8. The van der Waals surface area contributed by atoms with E-state index >= 15 is 0 Å². The number of carbonyl (C=O) groups excluding carboxylic acids is 3. The van der Waals surface area contributed by atoms with Gasteiger partial charge in [-0.25, -0.2) is 9.18 Å². The van der Waals surface area contributed by atoms with Crippen molar-refractivity contribution in [2.45, 2.75) is 43.7 Å². The highest BCUT2D eigenvalue weighted by molar-refractivity contribution is 8.01. The second-order valence-electron chi connectivity index (χ2n) is 6.34. The highest BCUT2D eigenvalue weighted by atomic mass is 32.2. The molecule has 1 aromatic rings. The van der Waals surface area contributed by atoms with E-state index in [0.29, 0.717) is 24.3 Å². The SMILES string of the molecule is C[C@@H](OC(=O)[C@@H]1CS[C@@]2(C)CCC(=O)N12)C(=O)Nc1ccc(F)cc1. The largest absolute Gasteiger partial charge is 0.451 e. The van der Waals surface area contributed by atoms with Crippen LogP contribution in [0.1, 0.15) is 26.7 Å². The van der Waals surface area contributed by atoms with Gasteiger partial charge in [0, 0.05) is 17.9 Å². The number of benzene rings is 1. The molecule has 3 rings (SSSR count). The lowest BCUT2D eigenvalue weighted by molar-refractivity contribution is -0.160. The third-order valence-electron chi connectivity index (χ3n) is 4.49. The molecule has 2 aliphatic rings. The van der Waals surface area contributed by atoms with Gasteiger partial charge in [0.25, 0.3) is 5.91 Å². The van der Waals surface area contributed by atoms with Crippen molar-refractivity contribution in [3.63, 3.8) is 0 Å². The van der Waals surface area contributed by atoms with E-state index in [1.807, 2.05) is 6.92 Å². The Morgan fingerprint density at radius 3 is 2.76 bits per heavy atom. The summed E-state index contributed by atoms with van der Waals surface area (Å²) >= 11 is 1.56. The molecule has 0 saturated carbocycles. The standard InChI is InChI=1S/C17H19FN2O4S/c1-10(15(22)19-12-5-3-11(18)4-6-12)24-16(23)13-9-25-17(2)8-7-14(21)20(13)17/h3-6,10,13H,7-9H2,1-2H3,(H,19,22)/t10-,13+,17+/m1/s1. The van der Waals surface area contributed by atoms with Gasteiger partial charge in [0.15, 0.2) is 6.10 Å². The van der Waals surface area contributed by atoms with Gasteiger partial charge in [-0.05, 0) is 44.5 Å². The molecule has 0 bridgehead atoms. The molecule has 134 valence electrons. The van der Waals surface area contributed by atoms with Crippen LogP contribution in [0.3, 0.4) is 0 Å². The third kappa shape index (κ3) is 3.49. The highest BCUT2D eigenvalue weighted by Crippen LogP contribution is 2.47. The topological polar surface area (TPSA) is 75.7 Å². The first kappa shape index (κ1) is 17.7. The molecule has 2 fully saturated rings. The van der Waals surface area contributed by atoms with Crippen LogP contribution in [0.15, 0.2) is 24.3 Å². The fraction of sp³-hybridized carbons (Fsp3) is 0.471. The Balaban J connectivity index is 1.59. The number of halogens is 1. The Labute approximate surface area is 149 Å². The molecular weight excluding hydrogens is 347 g/mol. The summed E-state index contributed by atoms with van der Waals surface area (Å²) in [5, 5.41) is 2.56. The second-order valence-corrected chi connectivity index (χ2v) is 7.84. The molecule has 2 aliphatic heterocycles. The number of rotatable bonds is 4. The number of nitrogens with one attached hydrogen (secondary N) is 1. The minimum Gasteiger partial charge on any atom is -0.451 e. The van der Waals surface area contributed by atoms with Crippen LogP contribution in [0.4, 0.5) is 10.1 Å². The van der Waals surface area contributed by atoms with Crippen LogP contribution in [0, 0.1) is 5.82 Å². The quantitative estimate of drug-likeness (QED) is 0.827. The number of hydrogen-bond acceptors (Lipinski definition) is 5. The lowest BCUT2D eigenvalue weighted by Gasteiger charge is -2.29. The fourth-order valence-corrected chi connectivity index (χ4v) is 4.50. The van der Waals surface area contributed by atoms with E-state index < -0.39 is 29.8 Å². The van der Waals surface area contributed by atoms with E-state index in [1.165, 1.54) is 31.2 Å². The zero-order valence-corrected chi connectivity index (χ0v) is 14.8. The zero-order chi connectivity index (χ0) is 18.2. The number of fused-ring (bicyclic) bond motifs is 1. The molecule has 8 heteroatoms. The normalized spacial score (nSPS) is 26.3. The highest BCUT2D eigenvalue weighted by Gasteiger charge is 2.53. The van der Waals surface area contributed by atoms with Gasteiger partial charge >= 0.3 is 5.97 Å². The Bertz CT molecular complexity index is 711. The maximum absolute atomic E-state index is 12.9. The Morgan fingerprint density at radius 2 is 2.08 bits per heavy atom. The first-order valence-electron chi connectivity index (χ1n) is 8.03. The van der Waals surface area contributed by atoms with Gasteiger partial charge in [-0.2, -0.15) is 0 Å². The van der Waals surface area contributed by atoms with Crippen molar-refractivity contribution in [1.82, 2.24) is 4.90 Å². The van der Waals surface area contributed by atoms with Gasteiger partial charge in [-0.15, -0.1) is 11.8 Å². The van der Waals surface area contributed by atoms with Gasteiger partial charge in [0.1, 0.15) is 11.9 Å². The molecule has 2 heterocycles. The lowest BCUT2D eigenvalue weighted by atomic mass is 10.2. The van der Waals surface area contributed by atoms with Crippen molar-refractivity contribution >= 4 is 35.2 Å². The maximum atomic E-state index is 12.9. The van der Waals surface area contributed by atoms with Crippen molar-refractivity contribution in [3.05, 3.63) is 30.1 Å². The number of nitrogens with zero attached hydrogens (tertiary/aromatic N) is 1. The molecule has 1 N–H and O–H groups in total. The number of ether oxygens (including phenoxy) is 1. The van der Waals surface area contributed by atoms with Crippen LogP contribution in [0.25, 0.3) is 0 Å². The Morgan fingerprint density at radius 1 is 1.40 bits per heavy atom. The van der Waals surface area contributed by atoms with E-state index in [4.69, 9.17) is 4.74 Å². The zero-order valence-electron chi connectivity index (χ0n) is 14.0. The molecule has 0 unspecified atom stereocenters. The summed E-state index contributed by atoms with van der Waals surface area (Å²) in [5.41, 5.74) is 0.410. The van der Waals surface area contributed by atoms with Crippen LogP contribution < -0.4 is 5.32 Å². The average molecular weight is 366 g/mol. The molecule has 25 heavy (non-hydrogen) atoms. The van der Waals surface area contributed by atoms with Crippen LogP contribution in [-0.2, 0) is 19.1 Å². The van der Waals surface area contributed by atoms with Gasteiger partial charge in [-0.3, -0.25) is 9.59 Å². The van der Waals surface area contributed by atoms with Crippen molar-refractivity contribution in [2.75, 3.05) is 11.1 Å². The Kier molecular flexibility index (Phi) is 4.73. The molecule has 0 aliphatic carbocycles. The van der Waals surface area contributed by atoms with E-state index in [9.17, 15) is 18.8 Å². The molecular formula is C17H19FN2O4S. The average Bonchev–Trinajstić information content (AvgIpc) is 3.06. The fourth-order valence-electron chi connectivity index (χ4n) is 3.08. The number of anilines is 1. The minimum atomic E-state index is -1.02. The number of amides is 2. The van der Waals surface area contributed by atoms with Gasteiger partial charge in [0.2, 0.25) is 5.91 Å². The van der Waals surface area contributed by atoms with Crippen molar-refractivity contribution < 1.29 is 23.5 Å². The van der Waals surface area contributed by atoms with Gasteiger partial charge in [-0.1, -0.05) is 0 Å². The molecule has 0 spiro atoms. The summed E-state index contributed by atoms with van der Waals surface area (Å²) in [6.07, 6.45) is 0.113. The van der Waals surface area contributed by atoms with E-state index in [2.05, 4.69) is 5.32 Å². The predicted octanol–water partition coefficient (Wildman–Crippen LogP) is 2.15. The first-order valence-corrected chi connectivity index (χ1v) is 9.02. The molecule has 2 saturated heterocycles. The minimum absolute atomic E-state index is 0.0575. The second kappa shape index (κ2) is 6.67. The van der Waals surface area contributed by atoms with Crippen molar-refractivity contribution in [3.8, 4) is 0 Å². The number of thioether (sulfide) groups is 1. The van der Waals surface area contributed by atoms with Gasteiger partial charge < -0.3 is 15.0 Å². The summed E-state index contributed by atoms with van der Waals surface area (Å²) in [5.74, 6) is -1.09. The summed E-state index contributed by atoms with van der Waals surface area (Å²) in [6, 6.07) is 4.63. The van der Waals surface area contributed by atoms with Crippen LogP contribution in [0.5, 0.6) is 0 Å². The summed E-state index contributed by atoms with van der Waals surface area (Å²) < 4.78 is 18.1. The molecule has 1 aromatic carbocycles. The van der Waals surface area contributed by atoms with Crippen LogP contribution in [0.2, 0.25) is 0 Å². The van der Waals surface area contributed by atoms with Crippen molar-refractivity contribution in [2.24, 2.45) is 0 Å². The van der Waals surface area contributed by atoms with Crippen LogP contribution in [-0.4, -0.2) is 45.5 Å². The lowest BCUT2D eigenvalue weighted by Crippen LogP contribution is -2.48. The van der Waals surface area contributed by atoms with Crippen LogP contribution >= 0.6 is 11.8 Å². The molecule has 3 atom stereocenters. The Hall–Kier alpha value is -2.09. The van der Waals surface area contributed by atoms with Gasteiger partial charge in [0.05, 0.1) is 4.87 Å². The molecule has 2 amide bonds.